The van der Waals surface area contributed by atoms with Crippen LogP contribution in [0.25, 0.3) is 0 Å². The zero-order chi connectivity index (χ0) is 15.0. The Labute approximate surface area is 117 Å². The molecule has 0 heterocycles. The van der Waals surface area contributed by atoms with E-state index in [1.54, 1.807) is 6.92 Å². The quantitative estimate of drug-likeness (QED) is 0.557. The fourth-order valence-corrected chi connectivity index (χ4v) is 1.66. The lowest BCUT2D eigenvalue weighted by Gasteiger charge is -2.07. The molecule has 0 bridgehead atoms. The summed E-state index contributed by atoms with van der Waals surface area (Å²) in [5.74, 6) is -1.36. The molecule has 0 aliphatic heterocycles. The molecule has 0 aliphatic carbocycles. The lowest BCUT2D eigenvalue weighted by molar-refractivity contribution is -0.143. The van der Waals surface area contributed by atoms with Gasteiger partial charge in [-0.15, -0.1) is 0 Å². The number of esters is 1. The van der Waals surface area contributed by atoms with E-state index in [9.17, 15) is 14.0 Å². The first-order valence-corrected chi connectivity index (χ1v) is 6.49. The summed E-state index contributed by atoms with van der Waals surface area (Å²) in [6.45, 7) is 3.04. The Morgan fingerprint density at radius 1 is 1.40 bits per heavy atom. The third-order valence-electron chi connectivity index (χ3n) is 2.69. The van der Waals surface area contributed by atoms with Gasteiger partial charge >= 0.3 is 5.97 Å². The van der Waals surface area contributed by atoms with E-state index in [-0.39, 0.29) is 11.5 Å². The molecule has 0 aliphatic rings. The highest BCUT2D eigenvalue weighted by Gasteiger charge is 2.07. The fourth-order valence-electron chi connectivity index (χ4n) is 1.66. The minimum Gasteiger partial charge on any atom is -0.466 e. The molecule has 5 nitrogen and oxygen atoms in total. The third kappa shape index (κ3) is 5.36. The van der Waals surface area contributed by atoms with Gasteiger partial charge < -0.3 is 15.8 Å². The van der Waals surface area contributed by atoms with Crippen LogP contribution >= 0.6 is 0 Å². The molecule has 0 spiro atoms. The van der Waals surface area contributed by atoms with Gasteiger partial charge in [0.05, 0.1) is 6.61 Å². The lowest BCUT2D eigenvalue weighted by Crippen LogP contribution is -2.18. The maximum Gasteiger partial charge on any atom is 0.305 e. The van der Waals surface area contributed by atoms with Crippen LogP contribution in [0, 0.1) is 5.82 Å². The summed E-state index contributed by atoms with van der Waals surface area (Å²) >= 11 is 0. The Balaban J connectivity index is 2.32. The minimum atomic E-state index is -0.655. The SMILES string of the molecule is CCOC(=O)CCCNCc1ccc(C(N)=O)cc1F. The predicted molar refractivity (Wildman–Crippen MR) is 72.5 cm³/mol. The number of carbonyl (C=O) groups is 2. The highest BCUT2D eigenvalue weighted by atomic mass is 19.1. The van der Waals surface area contributed by atoms with Crippen molar-refractivity contribution in [2.75, 3.05) is 13.2 Å². The van der Waals surface area contributed by atoms with Gasteiger partial charge in [-0.3, -0.25) is 9.59 Å². The maximum atomic E-state index is 13.6. The Morgan fingerprint density at radius 3 is 2.75 bits per heavy atom. The first kappa shape index (κ1) is 16.1. The van der Waals surface area contributed by atoms with Crippen LogP contribution < -0.4 is 11.1 Å². The Hall–Kier alpha value is -1.95. The Bertz CT molecular complexity index is 477. The normalized spacial score (nSPS) is 10.3. The highest BCUT2D eigenvalue weighted by molar-refractivity contribution is 5.92. The number of carbonyl (C=O) groups excluding carboxylic acids is 2. The van der Waals surface area contributed by atoms with Gasteiger partial charge in [0.2, 0.25) is 5.91 Å². The van der Waals surface area contributed by atoms with Crippen molar-refractivity contribution < 1.29 is 18.7 Å². The van der Waals surface area contributed by atoms with Crippen molar-refractivity contribution in [2.45, 2.75) is 26.3 Å². The van der Waals surface area contributed by atoms with E-state index in [2.05, 4.69) is 5.32 Å². The van der Waals surface area contributed by atoms with Crippen molar-refractivity contribution in [1.29, 1.82) is 0 Å². The zero-order valence-corrected chi connectivity index (χ0v) is 11.4. The van der Waals surface area contributed by atoms with E-state index in [0.717, 1.165) is 6.07 Å². The molecule has 20 heavy (non-hydrogen) atoms. The van der Waals surface area contributed by atoms with Crippen molar-refractivity contribution in [2.24, 2.45) is 5.73 Å². The van der Waals surface area contributed by atoms with Crippen molar-refractivity contribution in [1.82, 2.24) is 5.32 Å². The second kappa shape index (κ2) is 8.27. The summed E-state index contributed by atoms with van der Waals surface area (Å²) in [6, 6.07) is 4.13. The average molecular weight is 282 g/mol. The summed E-state index contributed by atoms with van der Waals surface area (Å²) in [6.07, 6.45) is 0.962. The molecule has 6 heteroatoms. The molecule has 0 radical (unpaired) electrons. The molecular formula is C14H19FN2O3. The van der Waals surface area contributed by atoms with Crippen molar-refractivity contribution in [3.8, 4) is 0 Å². The van der Waals surface area contributed by atoms with E-state index in [1.807, 2.05) is 0 Å². The lowest BCUT2D eigenvalue weighted by atomic mass is 10.1. The average Bonchev–Trinajstić information content (AvgIpc) is 2.40. The van der Waals surface area contributed by atoms with Gasteiger partial charge in [0.1, 0.15) is 5.82 Å². The van der Waals surface area contributed by atoms with Gasteiger partial charge in [0.15, 0.2) is 0 Å². The second-order valence-corrected chi connectivity index (χ2v) is 4.26. The van der Waals surface area contributed by atoms with E-state index >= 15 is 0 Å². The van der Waals surface area contributed by atoms with Gasteiger partial charge in [-0.2, -0.15) is 0 Å². The van der Waals surface area contributed by atoms with Crippen LogP contribution in [0.5, 0.6) is 0 Å². The topological polar surface area (TPSA) is 81.4 Å². The van der Waals surface area contributed by atoms with E-state index in [4.69, 9.17) is 10.5 Å². The van der Waals surface area contributed by atoms with E-state index in [1.165, 1.54) is 12.1 Å². The minimum absolute atomic E-state index is 0.147. The molecular weight excluding hydrogens is 263 g/mol. The largest absolute Gasteiger partial charge is 0.466 e. The zero-order valence-electron chi connectivity index (χ0n) is 11.4. The van der Waals surface area contributed by atoms with Gasteiger partial charge in [0, 0.05) is 24.1 Å². The first-order valence-electron chi connectivity index (χ1n) is 6.49. The summed E-state index contributed by atoms with van der Waals surface area (Å²) in [7, 11) is 0. The molecule has 1 aromatic rings. The van der Waals surface area contributed by atoms with Crippen LogP contribution in [0.4, 0.5) is 4.39 Å². The van der Waals surface area contributed by atoms with Crippen molar-refractivity contribution in [3.63, 3.8) is 0 Å². The molecule has 110 valence electrons. The summed E-state index contributed by atoms with van der Waals surface area (Å²) < 4.78 is 18.4. The number of rotatable bonds is 8. The van der Waals surface area contributed by atoms with Crippen LogP contribution in [0.1, 0.15) is 35.7 Å². The summed E-state index contributed by atoms with van der Waals surface area (Å²) in [4.78, 5) is 22.0. The molecule has 0 unspecified atom stereocenters. The van der Waals surface area contributed by atoms with Crippen molar-refractivity contribution >= 4 is 11.9 Å². The Morgan fingerprint density at radius 2 is 2.15 bits per heavy atom. The van der Waals surface area contributed by atoms with Crippen LogP contribution in [0.15, 0.2) is 18.2 Å². The summed E-state index contributed by atoms with van der Waals surface area (Å²) in [5.41, 5.74) is 5.66. The number of halogens is 1. The van der Waals surface area contributed by atoms with Crippen molar-refractivity contribution in [3.05, 3.63) is 35.1 Å². The first-order chi connectivity index (χ1) is 9.54. The molecule has 0 fully saturated rings. The van der Waals surface area contributed by atoms with Gasteiger partial charge in [-0.25, -0.2) is 4.39 Å². The van der Waals surface area contributed by atoms with E-state index < -0.39 is 11.7 Å². The van der Waals surface area contributed by atoms with Gasteiger partial charge in [0.25, 0.3) is 0 Å². The number of nitrogens with one attached hydrogen (secondary N) is 1. The molecule has 0 saturated heterocycles. The number of amides is 1. The van der Waals surface area contributed by atoms with Crippen LogP contribution in [-0.2, 0) is 16.1 Å². The second-order valence-electron chi connectivity index (χ2n) is 4.26. The molecule has 0 aromatic heterocycles. The molecule has 0 atom stereocenters. The smallest absolute Gasteiger partial charge is 0.305 e. The Kier molecular flexibility index (Phi) is 6.66. The number of primary amides is 1. The number of hydrogen-bond acceptors (Lipinski definition) is 4. The number of ether oxygens (including phenoxy) is 1. The third-order valence-corrected chi connectivity index (χ3v) is 2.69. The maximum absolute atomic E-state index is 13.6. The molecule has 0 saturated carbocycles. The fraction of sp³-hybridized carbons (Fsp3) is 0.429. The highest BCUT2D eigenvalue weighted by Crippen LogP contribution is 2.10. The monoisotopic (exact) mass is 282 g/mol. The van der Waals surface area contributed by atoms with Gasteiger partial charge in [-0.1, -0.05) is 6.07 Å². The standard InChI is InChI=1S/C14H19FN2O3/c1-2-20-13(18)4-3-7-17-9-11-6-5-10(14(16)19)8-12(11)15/h5-6,8,17H,2-4,7,9H2,1H3,(H2,16,19). The predicted octanol–water partition coefficient (Wildman–Crippen LogP) is 1.36. The number of benzene rings is 1. The van der Waals surface area contributed by atoms with E-state index in [0.29, 0.717) is 38.1 Å². The number of nitrogens with two attached hydrogens (primary N) is 1. The molecule has 1 rings (SSSR count). The van der Waals surface area contributed by atoms with Crippen LogP contribution in [0.2, 0.25) is 0 Å². The summed E-state index contributed by atoms with van der Waals surface area (Å²) in [5, 5.41) is 3.02. The number of hydrogen-bond donors (Lipinski definition) is 2. The van der Waals surface area contributed by atoms with Crippen LogP contribution in [0.3, 0.4) is 0 Å². The van der Waals surface area contributed by atoms with Gasteiger partial charge in [-0.05, 0) is 32.0 Å². The van der Waals surface area contributed by atoms with Crippen LogP contribution in [-0.4, -0.2) is 25.0 Å². The molecule has 1 aromatic carbocycles. The molecule has 3 N–H and O–H groups in total. The molecule has 1 amide bonds.